The first-order valence-corrected chi connectivity index (χ1v) is 30.2. The lowest BCUT2D eigenvalue weighted by atomic mass is 10.0. The molecule has 6 heteroatoms. The van der Waals surface area contributed by atoms with E-state index in [0.717, 1.165) is 96.3 Å². The van der Waals surface area contributed by atoms with E-state index in [0.29, 0.717) is 25.9 Å². The normalized spacial score (nSPS) is 12.8. The van der Waals surface area contributed by atoms with E-state index in [4.69, 9.17) is 4.74 Å². The Morgan fingerprint density at radius 2 is 0.735 bits per heavy atom. The second-order valence-corrected chi connectivity index (χ2v) is 20.7. The van der Waals surface area contributed by atoms with Crippen LogP contribution < -0.4 is 5.32 Å². The number of unbranched alkanes of at least 4 members (excludes halogenated alkanes) is 39. The predicted octanol–water partition coefficient (Wildman–Crippen LogP) is 18.8. The molecule has 3 N–H and O–H groups in total. The Morgan fingerprint density at radius 3 is 1.15 bits per heavy atom. The smallest absolute Gasteiger partial charge is 0.305 e. The second kappa shape index (κ2) is 57.7. The molecule has 0 aromatic rings. The van der Waals surface area contributed by atoms with Crippen LogP contribution in [0.5, 0.6) is 0 Å². The summed E-state index contributed by atoms with van der Waals surface area (Å²) in [5.41, 5.74) is 0. The molecule has 2 unspecified atom stereocenters. The highest BCUT2D eigenvalue weighted by atomic mass is 16.5. The van der Waals surface area contributed by atoms with E-state index in [1.165, 1.54) is 193 Å². The van der Waals surface area contributed by atoms with Crippen LogP contribution in [0.1, 0.15) is 322 Å². The van der Waals surface area contributed by atoms with E-state index in [2.05, 4.69) is 55.6 Å². The Kier molecular flexibility index (Phi) is 56.0. The number of aliphatic hydroxyl groups is 2. The van der Waals surface area contributed by atoms with E-state index in [9.17, 15) is 19.8 Å². The Morgan fingerprint density at radius 1 is 0.412 bits per heavy atom. The molecule has 0 heterocycles. The van der Waals surface area contributed by atoms with Crippen molar-refractivity contribution in [1.82, 2.24) is 5.32 Å². The maximum atomic E-state index is 12.5. The van der Waals surface area contributed by atoms with Gasteiger partial charge in [0.25, 0.3) is 0 Å². The summed E-state index contributed by atoms with van der Waals surface area (Å²) < 4.78 is 5.44. The highest BCUT2D eigenvalue weighted by molar-refractivity contribution is 5.76. The van der Waals surface area contributed by atoms with Gasteiger partial charge in [-0.05, 0) is 83.5 Å². The van der Waals surface area contributed by atoms with Crippen molar-refractivity contribution >= 4 is 11.9 Å². The van der Waals surface area contributed by atoms with E-state index in [-0.39, 0.29) is 18.5 Å². The van der Waals surface area contributed by atoms with Crippen molar-refractivity contribution in [3.63, 3.8) is 0 Å². The van der Waals surface area contributed by atoms with Crippen molar-refractivity contribution in [2.75, 3.05) is 13.2 Å². The Bertz CT molecular complexity index is 1100. The summed E-state index contributed by atoms with van der Waals surface area (Å²) in [5.74, 6) is -0.106. The van der Waals surface area contributed by atoms with Crippen LogP contribution in [-0.4, -0.2) is 47.4 Å². The van der Waals surface area contributed by atoms with Gasteiger partial charge in [-0.3, -0.25) is 9.59 Å². The summed E-state index contributed by atoms with van der Waals surface area (Å²) in [7, 11) is 0. The molecule has 6 nitrogen and oxygen atoms in total. The molecule has 0 radical (unpaired) electrons. The summed E-state index contributed by atoms with van der Waals surface area (Å²) in [4.78, 5) is 24.6. The van der Waals surface area contributed by atoms with Gasteiger partial charge >= 0.3 is 5.97 Å². The van der Waals surface area contributed by atoms with Gasteiger partial charge in [0.1, 0.15) is 0 Å². The number of hydrogen-bond donors (Lipinski definition) is 3. The highest BCUT2D eigenvalue weighted by Crippen LogP contribution is 2.17. The van der Waals surface area contributed by atoms with Gasteiger partial charge in [0.2, 0.25) is 5.91 Å². The van der Waals surface area contributed by atoms with Gasteiger partial charge in [-0.25, -0.2) is 0 Å². The first kappa shape index (κ1) is 66.1. The third-order valence-corrected chi connectivity index (χ3v) is 13.9. The van der Waals surface area contributed by atoms with Crippen LogP contribution in [0.2, 0.25) is 0 Å². The minimum atomic E-state index is -0.685. The van der Waals surface area contributed by atoms with Crippen LogP contribution in [0.3, 0.4) is 0 Å². The number of nitrogens with one attached hydrogen (secondary N) is 1. The zero-order chi connectivity index (χ0) is 49.3. The van der Waals surface area contributed by atoms with Crippen molar-refractivity contribution in [3.8, 4) is 0 Å². The van der Waals surface area contributed by atoms with Crippen LogP contribution in [-0.2, 0) is 14.3 Å². The maximum Gasteiger partial charge on any atom is 0.305 e. The van der Waals surface area contributed by atoms with Crippen LogP contribution in [0, 0.1) is 0 Å². The summed E-state index contributed by atoms with van der Waals surface area (Å²) in [6.07, 6.45) is 71.5. The van der Waals surface area contributed by atoms with Crippen molar-refractivity contribution in [3.05, 3.63) is 36.5 Å². The standard InChI is InChI=1S/C62H117NO5/c1-3-5-7-9-11-13-15-17-19-21-22-23-24-25-26-27-28-29-31-34-38-42-46-50-54-60(65)59(58-64)63-61(66)55-51-47-43-39-35-33-37-41-45-49-53-57-68-62(67)56-52-48-44-40-36-32-30-20-18-16-14-12-10-8-6-4-2/h14,16,20,30,37,41,59-60,64-65H,3-13,15,17-19,21-29,31-36,38-40,42-58H2,1-2H3,(H,63,66)/b16-14-,30-20-,41-37-. The SMILES string of the molecule is CCCCCC/C=C\C/C=C\CCCCCCCC(=O)OCCCC/C=C\CCCCCCCC(=O)NC(CO)C(O)CCCCCCCCCCCCCCCCCCCCCCCCCC. The number of ether oxygens (including phenoxy) is 1. The predicted molar refractivity (Wildman–Crippen MR) is 296 cm³/mol. The zero-order valence-corrected chi connectivity index (χ0v) is 45.6. The van der Waals surface area contributed by atoms with Gasteiger partial charge in [0.05, 0.1) is 25.4 Å². The third kappa shape index (κ3) is 53.4. The molecule has 68 heavy (non-hydrogen) atoms. The molecule has 0 aliphatic carbocycles. The maximum absolute atomic E-state index is 12.5. The average Bonchev–Trinajstić information content (AvgIpc) is 3.34. The van der Waals surface area contributed by atoms with Crippen molar-refractivity contribution in [1.29, 1.82) is 0 Å². The van der Waals surface area contributed by atoms with Gasteiger partial charge in [-0.15, -0.1) is 0 Å². The molecule has 0 saturated carbocycles. The largest absolute Gasteiger partial charge is 0.466 e. The molecule has 0 rings (SSSR count). The second-order valence-electron chi connectivity index (χ2n) is 20.7. The molecule has 0 fully saturated rings. The summed E-state index contributed by atoms with van der Waals surface area (Å²) in [6.45, 7) is 4.87. The fraction of sp³-hybridized carbons (Fsp3) is 0.871. The van der Waals surface area contributed by atoms with Crippen molar-refractivity contribution < 1.29 is 24.5 Å². The van der Waals surface area contributed by atoms with E-state index < -0.39 is 12.1 Å². The zero-order valence-electron chi connectivity index (χ0n) is 45.6. The summed E-state index contributed by atoms with van der Waals surface area (Å²) in [5, 5.41) is 23.3. The van der Waals surface area contributed by atoms with E-state index in [1.54, 1.807) is 0 Å². The van der Waals surface area contributed by atoms with Crippen molar-refractivity contribution in [2.45, 2.75) is 334 Å². The lowest BCUT2D eigenvalue weighted by molar-refractivity contribution is -0.143. The van der Waals surface area contributed by atoms with Gasteiger partial charge in [0, 0.05) is 12.8 Å². The van der Waals surface area contributed by atoms with Crippen molar-refractivity contribution in [2.24, 2.45) is 0 Å². The fourth-order valence-electron chi connectivity index (χ4n) is 9.25. The number of carbonyl (C=O) groups is 2. The monoisotopic (exact) mass is 956 g/mol. The van der Waals surface area contributed by atoms with E-state index in [1.807, 2.05) is 0 Å². The molecular weight excluding hydrogens is 839 g/mol. The van der Waals surface area contributed by atoms with Gasteiger partial charge in [-0.1, -0.05) is 262 Å². The number of hydrogen-bond acceptors (Lipinski definition) is 5. The number of aliphatic hydroxyl groups excluding tert-OH is 2. The minimum Gasteiger partial charge on any atom is -0.466 e. The first-order chi connectivity index (χ1) is 33.5. The fourth-order valence-corrected chi connectivity index (χ4v) is 9.25. The van der Waals surface area contributed by atoms with Gasteiger partial charge < -0.3 is 20.3 Å². The molecular formula is C62H117NO5. The molecule has 400 valence electrons. The van der Waals surface area contributed by atoms with Gasteiger partial charge in [0.15, 0.2) is 0 Å². The highest BCUT2D eigenvalue weighted by Gasteiger charge is 2.20. The molecule has 0 aliphatic heterocycles. The number of amides is 1. The molecule has 0 bridgehead atoms. The summed E-state index contributed by atoms with van der Waals surface area (Å²) in [6, 6.07) is -0.565. The Labute approximate surface area is 424 Å². The molecule has 0 spiro atoms. The van der Waals surface area contributed by atoms with Crippen LogP contribution in [0.4, 0.5) is 0 Å². The van der Waals surface area contributed by atoms with Gasteiger partial charge in [-0.2, -0.15) is 0 Å². The number of esters is 1. The van der Waals surface area contributed by atoms with Crippen LogP contribution in [0.15, 0.2) is 36.5 Å². The Balaban J connectivity index is 3.50. The molecule has 2 atom stereocenters. The number of allylic oxidation sites excluding steroid dienone is 6. The summed E-state index contributed by atoms with van der Waals surface area (Å²) >= 11 is 0. The molecule has 0 aromatic carbocycles. The van der Waals surface area contributed by atoms with Crippen LogP contribution >= 0.6 is 0 Å². The topological polar surface area (TPSA) is 95.9 Å². The first-order valence-electron chi connectivity index (χ1n) is 30.2. The van der Waals surface area contributed by atoms with E-state index >= 15 is 0 Å². The average molecular weight is 957 g/mol. The number of carbonyl (C=O) groups excluding carboxylic acids is 2. The lowest BCUT2D eigenvalue weighted by Crippen LogP contribution is -2.45. The molecule has 0 aromatic heterocycles. The lowest BCUT2D eigenvalue weighted by Gasteiger charge is -2.22. The minimum absolute atomic E-state index is 0.0439. The molecule has 0 aliphatic rings. The molecule has 1 amide bonds. The Hall–Kier alpha value is -1.92. The van der Waals surface area contributed by atoms with Crippen LogP contribution in [0.25, 0.3) is 0 Å². The number of rotatable bonds is 56. The third-order valence-electron chi connectivity index (χ3n) is 13.9. The molecule has 0 saturated heterocycles. The quantitative estimate of drug-likeness (QED) is 0.0321.